The number of thiazole rings is 1. The number of aromatic nitrogens is 2. The molecule has 0 radical (unpaired) electrons. The van der Waals surface area contributed by atoms with Crippen LogP contribution in [0.3, 0.4) is 0 Å². The Bertz CT molecular complexity index is 888. The molecule has 9 heteroatoms. The second kappa shape index (κ2) is 4.72. The standard InChI is InChI=1S/C11H7ClFN3O2S2/c12-9-10(16-4-5-19-11(16)14-9)20(17,18)15-8-3-1-2-7(13)6-8/h1-6,15H. The van der Waals surface area contributed by atoms with E-state index in [0.717, 1.165) is 6.07 Å². The maximum absolute atomic E-state index is 13.1. The molecule has 1 aromatic carbocycles. The van der Waals surface area contributed by atoms with E-state index in [-0.39, 0.29) is 15.9 Å². The summed E-state index contributed by atoms with van der Waals surface area (Å²) < 4.78 is 41.4. The molecule has 0 bridgehead atoms. The lowest BCUT2D eigenvalue weighted by molar-refractivity contribution is 0.596. The van der Waals surface area contributed by atoms with E-state index in [1.54, 1.807) is 11.6 Å². The van der Waals surface area contributed by atoms with Crippen LogP contribution in [0.2, 0.25) is 5.15 Å². The largest absolute Gasteiger partial charge is 0.281 e. The summed E-state index contributed by atoms with van der Waals surface area (Å²) in [6.45, 7) is 0. The van der Waals surface area contributed by atoms with E-state index in [1.165, 1.54) is 33.9 Å². The summed E-state index contributed by atoms with van der Waals surface area (Å²) in [5.74, 6) is -0.537. The van der Waals surface area contributed by atoms with E-state index in [1.807, 2.05) is 0 Å². The van der Waals surface area contributed by atoms with Crippen molar-refractivity contribution in [3.05, 3.63) is 46.8 Å². The van der Waals surface area contributed by atoms with Crippen LogP contribution in [0.4, 0.5) is 10.1 Å². The molecule has 3 aromatic rings. The molecule has 0 atom stereocenters. The highest BCUT2D eigenvalue weighted by molar-refractivity contribution is 7.92. The summed E-state index contributed by atoms with van der Waals surface area (Å²) in [5, 5.41) is 1.40. The van der Waals surface area contributed by atoms with Gasteiger partial charge in [-0.05, 0) is 18.2 Å². The minimum absolute atomic E-state index is 0.117. The second-order valence-electron chi connectivity index (χ2n) is 3.88. The Kier molecular flexibility index (Phi) is 3.15. The van der Waals surface area contributed by atoms with Gasteiger partial charge in [-0.15, -0.1) is 11.3 Å². The summed E-state index contributed by atoms with van der Waals surface area (Å²) in [7, 11) is -3.96. The van der Waals surface area contributed by atoms with Gasteiger partial charge in [-0.3, -0.25) is 9.12 Å². The average Bonchev–Trinajstić information content (AvgIpc) is 2.87. The van der Waals surface area contributed by atoms with Gasteiger partial charge in [-0.2, -0.15) is 8.42 Å². The van der Waals surface area contributed by atoms with E-state index < -0.39 is 15.8 Å². The van der Waals surface area contributed by atoms with Crippen LogP contribution in [0.25, 0.3) is 4.96 Å². The third kappa shape index (κ3) is 2.26. The van der Waals surface area contributed by atoms with Crippen LogP contribution in [0.15, 0.2) is 40.9 Å². The molecular formula is C11H7ClFN3O2S2. The van der Waals surface area contributed by atoms with Crippen LogP contribution >= 0.6 is 22.9 Å². The smallest absolute Gasteiger partial charge is 0.278 e. The number of hydrogen-bond acceptors (Lipinski definition) is 4. The first kappa shape index (κ1) is 13.3. The maximum Gasteiger partial charge on any atom is 0.281 e. The average molecular weight is 332 g/mol. The van der Waals surface area contributed by atoms with Gasteiger partial charge in [-0.1, -0.05) is 17.7 Å². The van der Waals surface area contributed by atoms with Gasteiger partial charge in [0.05, 0.1) is 5.69 Å². The first-order chi connectivity index (χ1) is 9.47. The number of fused-ring (bicyclic) bond motifs is 1. The molecule has 0 fully saturated rings. The molecule has 0 aliphatic carbocycles. The summed E-state index contributed by atoms with van der Waals surface area (Å²) in [6.07, 6.45) is 1.55. The fraction of sp³-hybridized carbons (Fsp3) is 0. The quantitative estimate of drug-likeness (QED) is 0.802. The zero-order chi connectivity index (χ0) is 14.3. The number of nitrogens with one attached hydrogen (secondary N) is 1. The summed E-state index contributed by atoms with van der Waals surface area (Å²) >= 11 is 7.13. The normalized spacial score (nSPS) is 11.9. The zero-order valence-corrected chi connectivity index (χ0v) is 12.1. The minimum Gasteiger partial charge on any atom is -0.278 e. The van der Waals surface area contributed by atoms with Crippen LogP contribution in [-0.4, -0.2) is 17.8 Å². The van der Waals surface area contributed by atoms with Crippen molar-refractivity contribution in [1.82, 2.24) is 9.38 Å². The maximum atomic E-state index is 13.1. The lowest BCUT2D eigenvalue weighted by atomic mass is 10.3. The number of halogens is 2. The van der Waals surface area contributed by atoms with E-state index in [0.29, 0.717) is 4.96 Å². The van der Waals surface area contributed by atoms with Crippen LogP contribution < -0.4 is 4.72 Å². The zero-order valence-electron chi connectivity index (χ0n) is 9.75. The van der Waals surface area contributed by atoms with Crippen molar-refractivity contribution < 1.29 is 12.8 Å². The highest BCUT2D eigenvalue weighted by Gasteiger charge is 2.25. The molecule has 0 saturated heterocycles. The van der Waals surface area contributed by atoms with E-state index in [2.05, 4.69) is 9.71 Å². The first-order valence-electron chi connectivity index (χ1n) is 5.37. The summed E-state index contributed by atoms with van der Waals surface area (Å²) in [4.78, 5) is 4.42. The Hall–Kier alpha value is -1.64. The number of imidazole rings is 1. The van der Waals surface area contributed by atoms with Crippen LogP contribution in [0.5, 0.6) is 0 Å². The Morgan fingerprint density at radius 2 is 2.20 bits per heavy atom. The van der Waals surface area contributed by atoms with Gasteiger partial charge in [0.2, 0.25) is 0 Å². The van der Waals surface area contributed by atoms with Crippen molar-refractivity contribution in [2.45, 2.75) is 5.03 Å². The summed E-state index contributed by atoms with van der Waals surface area (Å²) in [6, 6.07) is 5.16. The van der Waals surface area contributed by atoms with Crippen LogP contribution in [-0.2, 0) is 10.0 Å². The Morgan fingerprint density at radius 1 is 1.40 bits per heavy atom. The van der Waals surface area contributed by atoms with Crippen molar-refractivity contribution in [3.8, 4) is 0 Å². The fourth-order valence-electron chi connectivity index (χ4n) is 1.73. The predicted octanol–water partition coefficient (Wildman–Crippen LogP) is 2.99. The summed E-state index contributed by atoms with van der Waals surface area (Å²) in [5.41, 5.74) is 0.117. The third-order valence-electron chi connectivity index (χ3n) is 2.51. The number of hydrogen-bond donors (Lipinski definition) is 1. The molecule has 2 heterocycles. The highest BCUT2D eigenvalue weighted by Crippen LogP contribution is 2.27. The number of sulfonamides is 1. The van der Waals surface area contributed by atoms with Gasteiger partial charge >= 0.3 is 0 Å². The molecule has 0 unspecified atom stereocenters. The molecule has 20 heavy (non-hydrogen) atoms. The SMILES string of the molecule is O=S(=O)(Nc1cccc(F)c1)c1c(Cl)nc2sccn12. The van der Waals surface area contributed by atoms with E-state index in [9.17, 15) is 12.8 Å². The topological polar surface area (TPSA) is 63.5 Å². The fourth-order valence-corrected chi connectivity index (χ4v) is 4.24. The van der Waals surface area contributed by atoms with Gasteiger partial charge in [-0.25, -0.2) is 9.37 Å². The molecule has 0 saturated carbocycles. The number of nitrogens with zero attached hydrogens (tertiary/aromatic N) is 2. The van der Waals surface area contributed by atoms with Crippen LogP contribution in [0.1, 0.15) is 0 Å². The van der Waals surface area contributed by atoms with E-state index >= 15 is 0 Å². The Morgan fingerprint density at radius 3 is 2.95 bits per heavy atom. The number of benzene rings is 1. The lowest BCUT2D eigenvalue weighted by Crippen LogP contribution is -2.15. The van der Waals surface area contributed by atoms with Gasteiger partial charge < -0.3 is 0 Å². The number of anilines is 1. The van der Waals surface area contributed by atoms with Crippen molar-refractivity contribution in [3.63, 3.8) is 0 Å². The van der Waals surface area contributed by atoms with Gasteiger partial charge in [0.25, 0.3) is 10.0 Å². The van der Waals surface area contributed by atoms with Gasteiger partial charge in [0.15, 0.2) is 15.1 Å². The molecule has 2 aromatic heterocycles. The molecule has 0 spiro atoms. The molecule has 3 rings (SSSR count). The molecule has 1 N–H and O–H groups in total. The van der Waals surface area contributed by atoms with Gasteiger partial charge in [0.1, 0.15) is 5.82 Å². The van der Waals surface area contributed by atoms with Crippen molar-refractivity contribution >= 4 is 43.6 Å². The van der Waals surface area contributed by atoms with E-state index in [4.69, 9.17) is 11.6 Å². The molecule has 0 aliphatic rings. The molecule has 0 amide bonds. The second-order valence-corrected chi connectivity index (χ2v) is 6.71. The number of rotatable bonds is 3. The Labute approximate surface area is 122 Å². The molecule has 0 aliphatic heterocycles. The van der Waals surface area contributed by atoms with Crippen molar-refractivity contribution in [2.75, 3.05) is 4.72 Å². The van der Waals surface area contributed by atoms with Gasteiger partial charge in [0, 0.05) is 11.6 Å². The predicted molar refractivity (Wildman–Crippen MR) is 75.3 cm³/mol. The lowest BCUT2D eigenvalue weighted by Gasteiger charge is -2.07. The highest BCUT2D eigenvalue weighted by atomic mass is 35.5. The van der Waals surface area contributed by atoms with Crippen molar-refractivity contribution in [2.24, 2.45) is 0 Å². The molecular weight excluding hydrogens is 325 g/mol. The molecule has 104 valence electrons. The minimum atomic E-state index is -3.96. The Balaban J connectivity index is 2.08. The first-order valence-corrected chi connectivity index (χ1v) is 8.11. The van der Waals surface area contributed by atoms with Crippen molar-refractivity contribution in [1.29, 1.82) is 0 Å². The monoisotopic (exact) mass is 331 g/mol. The third-order valence-corrected chi connectivity index (χ3v) is 5.05. The molecule has 5 nitrogen and oxygen atoms in total. The van der Waals surface area contributed by atoms with Crippen LogP contribution in [0, 0.1) is 5.82 Å².